The standard InChI is InChI=1S/C44H49ClN10O10/c1-43(2,3)34-28(12-14-30-33(34)35(44(4,5)6)36(40(60)61)55(30)42(63)64)48-37(57)32(19-24-7-10-26(11-8-24)47-41(62)51-17-18-65-27(21-51)22-56)53-16-15-52(38(58)39(53)59)31-20-25(45)9-13-29(31)54-23-46-49-50-54/h7-14,20,23,27,32,56H,15-19,21-22H2,1-6H3,(H,47,62)(H,48,57)(H,60,61)(H,63,64). The number of carbonyl (C=O) groups is 6. The Kier molecular flexibility index (Phi) is 12.7. The van der Waals surface area contributed by atoms with Crippen LogP contribution in [0.15, 0.2) is 60.9 Å². The smallest absolute Gasteiger partial charge is 0.416 e. The number of urea groups is 1. The molecule has 7 rings (SSSR count). The van der Waals surface area contributed by atoms with Gasteiger partial charge in [0.1, 0.15) is 18.1 Å². The number of aromatic carboxylic acids is 1. The van der Waals surface area contributed by atoms with Crippen LogP contribution in [0.4, 0.5) is 26.7 Å². The Morgan fingerprint density at radius 1 is 0.877 bits per heavy atom. The van der Waals surface area contributed by atoms with E-state index >= 15 is 0 Å². The fourth-order valence-corrected chi connectivity index (χ4v) is 8.64. The molecule has 0 saturated carbocycles. The highest BCUT2D eigenvalue weighted by molar-refractivity contribution is 6.41. The predicted octanol–water partition coefficient (Wildman–Crippen LogP) is 4.74. The van der Waals surface area contributed by atoms with Crippen molar-refractivity contribution in [3.05, 3.63) is 88.3 Å². The third-order valence-electron chi connectivity index (χ3n) is 11.3. The number of aliphatic hydroxyl groups excluding tert-OH is 1. The van der Waals surface area contributed by atoms with Crippen LogP contribution in [0, 0.1) is 0 Å². The minimum absolute atomic E-state index is 0.0533. The molecule has 2 atom stereocenters. The second-order valence-electron chi connectivity index (χ2n) is 17.8. The largest absolute Gasteiger partial charge is 0.477 e. The van der Waals surface area contributed by atoms with E-state index in [1.807, 2.05) is 20.8 Å². The summed E-state index contributed by atoms with van der Waals surface area (Å²) in [6.07, 6.45) is -0.752. The first kappa shape index (κ1) is 46.1. The van der Waals surface area contributed by atoms with Gasteiger partial charge in [-0.25, -0.2) is 19.0 Å². The molecule has 2 fully saturated rings. The number of benzene rings is 3. The molecule has 4 heterocycles. The molecule has 0 spiro atoms. The average molecular weight is 913 g/mol. The molecule has 5 aromatic rings. The number of carbonyl (C=O) groups excluding carboxylic acids is 4. The summed E-state index contributed by atoms with van der Waals surface area (Å²) >= 11 is 6.37. The Hall–Kier alpha value is -6.90. The highest BCUT2D eigenvalue weighted by atomic mass is 35.5. The zero-order valence-electron chi connectivity index (χ0n) is 36.5. The minimum atomic E-state index is -1.49. The van der Waals surface area contributed by atoms with Gasteiger partial charge in [0.2, 0.25) is 5.91 Å². The zero-order valence-corrected chi connectivity index (χ0v) is 37.3. The molecule has 2 aliphatic heterocycles. The Morgan fingerprint density at radius 2 is 1.58 bits per heavy atom. The Balaban J connectivity index is 1.26. The van der Waals surface area contributed by atoms with Crippen LogP contribution >= 0.6 is 11.6 Å². The monoisotopic (exact) mass is 912 g/mol. The molecule has 342 valence electrons. The van der Waals surface area contributed by atoms with Crippen molar-refractivity contribution in [3.63, 3.8) is 0 Å². The normalized spacial score (nSPS) is 16.5. The molecule has 2 unspecified atom stereocenters. The summed E-state index contributed by atoms with van der Waals surface area (Å²) in [6, 6.07) is 12.6. The zero-order chi connectivity index (χ0) is 47.1. The van der Waals surface area contributed by atoms with E-state index in [-0.39, 0.29) is 66.7 Å². The first-order chi connectivity index (χ1) is 30.7. The number of aliphatic hydroxyl groups is 1. The van der Waals surface area contributed by atoms with E-state index in [2.05, 4.69) is 26.2 Å². The van der Waals surface area contributed by atoms with Crippen molar-refractivity contribution in [2.24, 2.45) is 0 Å². The summed E-state index contributed by atoms with van der Waals surface area (Å²) in [6.45, 7) is 11.3. The van der Waals surface area contributed by atoms with Crippen molar-refractivity contribution in [2.45, 2.75) is 70.9 Å². The number of piperazine rings is 1. The average Bonchev–Trinajstić information content (AvgIpc) is 3.91. The Morgan fingerprint density at radius 3 is 2.20 bits per heavy atom. The first-order valence-corrected chi connectivity index (χ1v) is 21.1. The summed E-state index contributed by atoms with van der Waals surface area (Å²) < 4.78 is 7.52. The van der Waals surface area contributed by atoms with E-state index in [9.17, 15) is 44.1 Å². The topological polar surface area (TPSA) is 255 Å². The van der Waals surface area contributed by atoms with Crippen LogP contribution in [0.25, 0.3) is 16.6 Å². The van der Waals surface area contributed by atoms with Gasteiger partial charge < -0.3 is 45.4 Å². The molecule has 5 amide bonds. The number of anilines is 3. The number of carboxylic acids is 1. The number of hydrogen-bond donors (Lipinski definition) is 5. The van der Waals surface area contributed by atoms with Crippen LogP contribution in [0.3, 0.4) is 0 Å². The summed E-state index contributed by atoms with van der Waals surface area (Å²) in [5.74, 6) is -4.05. The number of halogens is 1. The molecule has 2 aromatic heterocycles. The number of carboxylic acid groups (broad SMARTS) is 2. The van der Waals surface area contributed by atoms with Gasteiger partial charge in [-0.1, -0.05) is 65.3 Å². The van der Waals surface area contributed by atoms with E-state index in [0.717, 1.165) is 4.57 Å². The van der Waals surface area contributed by atoms with E-state index in [4.69, 9.17) is 16.3 Å². The second-order valence-corrected chi connectivity index (χ2v) is 18.3. The molecule has 0 bridgehead atoms. The van der Waals surface area contributed by atoms with Crippen molar-refractivity contribution < 1.29 is 48.8 Å². The molecular weight excluding hydrogens is 864 g/mol. The van der Waals surface area contributed by atoms with Gasteiger partial charge in [-0.2, -0.15) is 4.68 Å². The number of ether oxygens (including phenoxy) is 1. The lowest BCUT2D eigenvalue weighted by molar-refractivity contribution is -0.149. The second kappa shape index (κ2) is 17.9. The van der Waals surface area contributed by atoms with E-state index in [1.54, 1.807) is 57.2 Å². The maximum atomic E-state index is 14.9. The maximum Gasteiger partial charge on any atom is 0.416 e. The molecule has 65 heavy (non-hydrogen) atoms. The molecule has 2 saturated heterocycles. The number of fused-ring (bicyclic) bond motifs is 1. The van der Waals surface area contributed by atoms with Gasteiger partial charge in [0.25, 0.3) is 0 Å². The lowest BCUT2D eigenvalue weighted by Crippen LogP contribution is -2.60. The number of aromatic nitrogens is 5. The SMILES string of the molecule is CC(C)(C)c1c(NC(=O)C(Cc2ccc(NC(=O)N3CCOC(CO)C3)cc2)N2CCN(c3cc(Cl)ccc3-n3cnnn3)C(=O)C2=O)ccc2c1c(C(C)(C)C)c(C(=O)O)n2C(=O)O. The molecule has 2 aliphatic rings. The van der Waals surface area contributed by atoms with Crippen molar-refractivity contribution in [1.29, 1.82) is 0 Å². The van der Waals surface area contributed by atoms with Crippen molar-refractivity contribution in [1.82, 2.24) is 34.6 Å². The third-order valence-corrected chi connectivity index (χ3v) is 11.5. The number of amides is 5. The molecule has 20 nitrogen and oxygen atoms in total. The van der Waals surface area contributed by atoms with Gasteiger partial charge in [-0.15, -0.1) is 5.10 Å². The Labute approximate surface area is 377 Å². The van der Waals surface area contributed by atoms with Gasteiger partial charge in [-0.05, 0) is 80.4 Å². The maximum absolute atomic E-state index is 14.9. The molecule has 0 radical (unpaired) electrons. The highest BCUT2D eigenvalue weighted by Gasteiger charge is 2.42. The third kappa shape index (κ3) is 9.22. The number of nitrogens with one attached hydrogen (secondary N) is 2. The summed E-state index contributed by atoms with van der Waals surface area (Å²) in [5.41, 5.74) is 0.615. The van der Waals surface area contributed by atoms with Gasteiger partial charge in [0.05, 0.1) is 42.8 Å². The lowest BCUT2D eigenvalue weighted by atomic mass is 9.77. The predicted molar refractivity (Wildman–Crippen MR) is 238 cm³/mol. The summed E-state index contributed by atoms with van der Waals surface area (Å²) in [5, 5.41) is 48.0. The molecular formula is C44H49ClN10O10. The van der Waals surface area contributed by atoms with Gasteiger partial charge >= 0.3 is 29.9 Å². The van der Waals surface area contributed by atoms with Crippen molar-refractivity contribution >= 4 is 75.4 Å². The lowest BCUT2D eigenvalue weighted by Gasteiger charge is -2.38. The van der Waals surface area contributed by atoms with Crippen LogP contribution in [-0.4, -0.2) is 137 Å². The molecule has 5 N–H and O–H groups in total. The van der Waals surface area contributed by atoms with Crippen LogP contribution in [0.1, 0.15) is 68.7 Å². The first-order valence-electron chi connectivity index (χ1n) is 20.7. The number of rotatable bonds is 10. The number of nitrogens with zero attached hydrogens (tertiary/aromatic N) is 8. The minimum Gasteiger partial charge on any atom is -0.477 e. The van der Waals surface area contributed by atoms with Crippen LogP contribution in [0.5, 0.6) is 0 Å². The van der Waals surface area contributed by atoms with Crippen LogP contribution < -0.4 is 15.5 Å². The van der Waals surface area contributed by atoms with Crippen LogP contribution in [-0.2, 0) is 36.4 Å². The molecule has 0 aliphatic carbocycles. The highest BCUT2D eigenvalue weighted by Crippen LogP contribution is 2.44. The fourth-order valence-electron chi connectivity index (χ4n) is 8.48. The quantitative estimate of drug-likeness (QED) is 0.119. The van der Waals surface area contributed by atoms with E-state index in [1.165, 1.54) is 43.9 Å². The van der Waals surface area contributed by atoms with E-state index < -0.39 is 64.5 Å². The number of morpholine rings is 1. The van der Waals surface area contributed by atoms with Gasteiger partial charge in [-0.3, -0.25) is 14.4 Å². The van der Waals surface area contributed by atoms with Gasteiger partial charge in [0, 0.05) is 47.8 Å². The van der Waals surface area contributed by atoms with Crippen LogP contribution in [0.2, 0.25) is 5.02 Å². The van der Waals surface area contributed by atoms with Crippen molar-refractivity contribution in [2.75, 3.05) is 54.9 Å². The summed E-state index contributed by atoms with van der Waals surface area (Å²) in [7, 11) is 0. The Bertz CT molecular complexity index is 2690. The fraction of sp³-hybridized carbons (Fsp3) is 0.386. The van der Waals surface area contributed by atoms with Crippen molar-refractivity contribution in [3.8, 4) is 5.69 Å². The van der Waals surface area contributed by atoms with Gasteiger partial charge in [0.15, 0.2) is 0 Å². The summed E-state index contributed by atoms with van der Waals surface area (Å²) in [4.78, 5) is 86.0. The molecule has 3 aromatic carbocycles. The van der Waals surface area contributed by atoms with E-state index in [0.29, 0.717) is 34.4 Å². The number of tetrazole rings is 1. The molecule has 21 heteroatoms. The number of hydrogen-bond acceptors (Lipinski definition) is 11.